The molecule has 0 radical (unpaired) electrons. The zero-order valence-electron chi connectivity index (χ0n) is 7.09. The lowest BCUT2D eigenvalue weighted by atomic mass is 9.83. The van der Waals surface area contributed by atoms with Crippen LogP contribution in [0.15, 0.2) is 0 Å². The fourth-order valence-electron chi connectivity index (χ4n) is 2.08. The second-order valence-corrected chi connectivity index (χ2v) is 5.86. The summed E-state index contributed by atoms with van der Waals surface area (Å²) in [6, 6.07) is 0.284. The summed E-state index contributed by atoms with van der Waals surface area (Å²) in [5.74, 6) is 0.257. The Labute approximate surface area is 96.1 Å². The summed E-state index contributed by atoms with van der Waals surface area (Å²) in [6.45, 7) is 0. The minimum Gasteiger partial charge on any atom is -0.327 e. The Kier molecular flexibility index (Phi) is 3.00. The number of rotatable bonds is 0. The average molecular weight is 315 g/mol. The van der Waals surface area contributed by atoms with Gasteiger partial charge in [-0.25, -0.2) is 0 Å². The van der Waals surface area contributed by atoms with E-state index in [4.69, 9.17) is 11.6 Å². The van der Waals surface area contributed by atoms with E-state index in [-0.39, 0.29) is 23.5 Å². The SMILES string of the molecule is O=C1NC(Cl)NC2CC(I)CCC12. The zero-order valence-corrected chi connectivity index (χ0v) is 10.0. The monoisotopic (exact) mass is 314 g/mol. The zero-order chi connectivity index (χ0) is 9.42. The Morgan fingerprint density at radius 3 is 3.00 bits per heavy atom. The molecular formula is C8H12ClIN2O. The molecule has 4 unspecified atom stereocenters. The van der Waals surface area contributed by atoms with Crippen LogP contribution < -0.4 is 10.6 Å². The molecule has 2 N–H and O–H groups in total. The van der Waals surface area contributed by atoms with E-state index in [2.05, 4.69) is 33.2 Å². The molecule has 1 saturated carbocycles. The van der Waals surface area contributed by atoms with Crippen molar-refractivity contribution in [1.82, 2.24) is 10.6 Å². The van der Waals surface area contributed by atoms with Gasteiger partial charge >= 0.3 is 0 Å². The maximum Gasteiger partial charge on any atom is 0.226 e. The Balaban J connectivity index is 2.06. The van der Waals surface area contributed by atoms with Crippen molar-refractivity contribution in [3.63, 3.8) is 0 Å². The number of carbonyl (C=O) groups excluding carboxylic acids is 1. The maximum absolute atomic E-state index is 11.5. The van der Waals surface area contributed by atoms with Crippen LogP contribution in [0.2, 0.25) is 0 Å². The summed E-state index contributed by atoms with van der Waals surface area (Å²) in [7, 11) is 0. The maximum atomic E-state index is 11.5. The van der Waals surface area contributed by atoms with Crippen LogP contribution in [0, 0.1) is 5.92 Å². The van der Waals surface area contributed by atoms with Gasteiger partial charge in [-0.3, -0.25) is 10.1 Å². The van der Waals surface area contributed by atoms with E-state index in [9.17, 15) is 4.79 Å². The van der Waals surface area contributed by atoms with Crippen LogP contribution in [-0.4, -0.2) is 21.5 Å². The van der Waals surface area contributed by atoms with E-state index in [0.717, 1.165) is 19.3 Å². The van der Waals surface area contributed by atoms with E-state index < -0.39 is 0 Å². The van der Waals surface area contributed by atoms with Crippen LogP contribution in [-0.2, 0) is 4.79 Å². The van der Waals surface area contributed by atoms with Gasteiger partial charge in [-0.1, -0.05) is 34.2 Å². The summed E-state index contributed by atoms with van der Waals surface area (Å²) >= 11 is 8.28. The topological polar surface area (TPSA) is 41.1 Å². The first kappa shape index (κ1) is 9.98. The van der Waals surface area contributed by atoms with Gasteiger partial charge in [0.2, 0.25) is 5.91 Å². The molecule has 2 fully saturated rings. The number of fused-ring (bicyclic) bond motifs is 1. The van der Waals surface area contributed by atoms with Gasteiger partial charge < -0.3 is 5.32 Å². The smallest absolute Gasteiger partial charge is 0.226 e. The number of amides is 1. The molecule has 1 aliphatic heterocycles. The first-order chi connectivity index (χ1) is 6.16. The van der Waals surface area contributed by atoms with Gasteiger partial charge in [0.25, 0.3) is 0 Å². The molecular weight excluding hydrogens is 302 g/mol. The molecule has 74 valence electrons. The first-order valence-corrected chi connectivity index (χ1v) is 6.19. The summed E-state index contributed by atoms with van der Waals surface area (Å²) in [5, 5.41) is 5.91. The Bertz CT molecular complexity index is 224. The quantitative estimate of drug-likeness (QED) is 0.401. The minimum absolute atomic E-state index is 0.118. The summed E-state index contributed by atoms with van der Waals surface area (Å²) in [5.41, 5.74) is -0.379. The molecule has 2 rings (SSSR count). The van der Waals surface area contributed by atoms with Crippen molar-refractivity contribution in [2.24, 2.45) is 5.92 Å². The molecule has 0 bridgehead atoms. The van der Waals surface area contributed by atoms with Gasteiger partial charge in [0.15, 0.2) is 5.62 Å². The molecule has 1 heterocycles. The largest absolute Gasteiger partial charge is 0.327 e. The Morgan fingerprint density at radius 1 is 1.46 bits per heavy atom. The van der Waals surface area contributed by atoms with Gasteiger partial charge in [-0.05, 0) is 19.3 Å². The molecule has 4 atom stereocenters. The third-order valence-electron chi connectivity index (χ3n) is 2.75. The summed E-state index contributed by atoms with van der Waals surface area (Å²) in [6.07, 6.45) is 3.19. The number of hydrogen-bond donors (Lipinski definition) is 2. The highest BCUT2D eigenvalue weighted by Gasteiger charge is 2.38. The van der Waals surface area contributed by atoms with Crippen LogP contribution in [0.5, 0.6) is 0 Å². The van der Waals surface area contributed by atoms with Crippen LogP contribution >= 0.6 is 34.2 Å². The predicted octanol–water partition coefficient (Wildman–Crippen LogP) is 1.20. The molecule has 0 aromatic rings. The Hall–Kier alpha value is 0.450. The van der Waals surface area contributed by atoms with E-state index in [1.54, 1.807) is 0 Å². The second-order valence-electron chi connectivity index (χ2n) is 3.66. The number of nitrogens with one attached hydrogen (secondary N) is 2. The lowest BCUT2D eigenvalue weighted by Crippen LogP contribution is -2.60. The molecule has 1 saturated heterocycles. The molecule has 13 heavy (non-hydrogen) atoms. The highest BCUT2D eigenvalue weighted by atomic mass is 127. The molecule has 3 nitrogen and oxygen atoms in total. The standard InChI is InChI=1S/C8H12ClIN2O/c9-8-11-6-3-4(10)1-2-5(6)7(13)12-8/h4-6,8,11H,1-3H2,(H,12,13). The first-order valence-electron chi connectivity index (χ1n) is 4.51. The molecule has 5 heteroatoms. The van der Waals surface area contributed by atoms with Crippen molar-refractivity contribution in [2.45, 2.75) is 34.9 Å². The lowest BCUT2D eigenvalue weighted by molar-refractivity contribution is -0.129. The lowest BCUT2D eigenvalue weighted by Gasteiger charge is -2.39. The fraction of sp³-hybridized carbons (Fsp3) is 0.875. The molecule has 1 aliphatic carbocycles. The third kappa shape index (κ3) is 2.10. The number of halogens is 2. The van der Waals surface area contributed by atoms with Gasteiger partial charge in [0.1, 0.15) is 0 Å². The van der Waals surface area contributed by atoms with E-state index in [0.29, 0.717) is 3.92 Å². The van der Waals surface area contributed by atoms with E-state index >= 15 is 0 Å². The fourth-order valence-corrected chi connectivity index (χ4v) is 3.26. The third-order valence-corrected chi connectivity index (χ3v) is 4.12. The number of alkyl halides is 2. The molecule has 0 aromatic heterocycles. The second kappa shape index (κ2) is 3.90. The van der Waals surface area contributed by atoms with E-state index in [1.165, 1.54) is 0 Å². The normalized spacial score (nSPS) is 45.2. The van der Waals surface area contributed by atoms with Crippen molar-refractivity contribution in [3.8, 4) is 0 Å². The van der Waals surface area contributed by atoms with Gasteiger partial charge in [0, 0.05) is 9.97 Å². The minimum atomic E-state index is -0.379. The van der Waals surface area contributed by atoms with Crippen molar-refractivity contribution in [1.29, 1.82) is 0 Å². The summed E-state index contributed by atoms with van der Waals surface area (Å²) < 4.78 is 0.682. The molecule has 2 aliphatic rings. The number of carbonyl (C=O) groups is 1. The van der Waals surface area contributed by atoms with Crippen LogP contribution in [0.25, 0.3) is 0 Å². The van der Waals surface area contributed by atoms with Crippen LogP contribution in [0.1, 0.15) is 19.3 Å². The highest BCUT2D eigenvalue weighted by Crippen LogP contribution is 2.31. The van der Waals surface area contributed by atoms with Gasteiger partial charge in [-0.2, -0.15) is 0 Å². The molecule has 0 spiro atoms. The van der Waals surface area contributed by atoms with Gasteiger partial charge in [0.05, 0.1) is 5.92 Å². The van der Waals surface area contributed by atoms with Crippen molar-refractivity contribution < 1.29 is 4.79 Å². The number of hydrogen-bond acceptors (Lipinski definition) is 2. The van der Waals surface area contributed by atoms with Gasteiger partial charge in [-0.15, -0.1) is 0 Å². The van der Waals surface area contributed by atoms with Crippen molar-refractivity contribution in [3.05, 3.63) is 0 Å². The van der Waals surface area contributed by atoms with Crippen LogP contribution in [0.4, 0.5) is 0 Å². The summed E-state index contributed by atoms with van der Waals surface area (Å²) in [4.78, 5) is 11.5. The highest BCUT2D eigenvalue weighted by molar-refractivity contribution is 14.1. The predicted molar refractivity (Wildman–Crippen MR) is 59.9 cm³/mol. The molecule has 1 amide bonds. The average Bonchev–Trinajstić information content (AvgIpc) is 2.02. The van der Waals surface area contributed by atoms with Crippen LogP contribution in [0.3, 0.4) is 0 Å². The molecule has 0 aromatic carbocycles. The van der Waals surface area contributed by atoms with Crippen molar-refractivity contribution in [2.75, 3.05) is 0 Å². The van der Waals surface area contributed by atoms with Crippen molar-refractivity contribution >= 4 is 40.1 Å². The van der Waals surface area contributed by atoms with E-state index in [1.807, 2.05) is 0 Å². The Morgan fingerprint density at radius 2 is 2.23 bits per heavy atom.